The van der Waals surface area contributed by atoms with Gasteiger partial charge in [-0.05, 0) is 48.6 Å². The van der Waals surface area contributed by atoms with Crippen LogP contribution in [0.3, 0.4) is 0 Å². The first-order chi connectivity index (χ1) is 14.7. The van der Waals surface area contributed by atoms with Crippen molar-refractivity contribution in [2.45, 2.75) is 32.2 Å². The minimum Gasteiger partial charge on any atom is -0.356 e. The number of halogens is 1. The van der Waals surface area contributed by atoms with Gasteiger partial charge in [0.15, 0.2) is 0 Å². The lowest BCUT2D eigenvalue weighted by atomic mass is 10.0. The smallest absolute Gasteiger partial charge is 0.220 e. The zero-order valence-electron chi connectivity index (χ0n) is 16.8. The number of aryl methyl sites for hydroxylation is 2. The van der Waals surface area contributed by atoms with Gasteiger partial charge in [-0.3, -0.25) is 4.79 Å². The highest BCUT2D eigenvalue weighted by Crippen LogP contribution is 2.31. The number of benzene rings is 2. The molecule has 1 amide bonds. The Kier molecular flexibility index (Phi) is 6.23. The molecule has 0 saturated carbocycles. The van der Waals surface area contributed by atoms with Crippen molar-refractivity contribution in [2.24, 2.45) is 0 Å². The molecule has 6 heteroatoms. The van der Waals surface area contributed by atoms with Crippen LogP contribution in [0, 0.1) is 5.82 Å². The first-order valence-electron chi connectivity index (χ1n) is 10.3. The second kappa shape index (κ2) is 9.39. The Bertz CT molecular complexity index is 1100. The number of unbranched alkanes of at least 4 members (excludes halogenated alkanes) is 1. The number of nitrogens with zero attached hydrogens (tertiary/aromatic N) is 2. The van der Waals surface area contributed by atoms with Crippen molar-refractivity contribution in [1.29, 1.82) is 0 Å². The largest absolute Gasteiger partial charge is 0.356 e. The summed E-state index contributed by atoms with van der Waals surface area (Å²) < 4.78 is 15.9. The molecule has 0 spiro atoms. The number of amides is 1. The number of fused-ring (bicyclic) bond motifs is 1. The molecule has 0 fully saturated rings. The maximum Gasteiger partial charge on any atom is 0.220 e. The van der Waals surface area contributed by atoms with Crippen molar-refractivity contribution in [3.8, 4) is 11.3 Å². The lowest BCUT2D eigenvalue weighted by Crippen LogP contribution is -2.24. The van der Waals surface area contributed by atoms with Crippen molar-refractivity contribution in [2.75, 3.05) is 6.54 Å². The summed E-state index contributed by atoms with van der Waals surface area (Å²) in [6.07, 6.45) is 8.31. The molecule has 0 aliphatic carbocycles. The van der Waals surface area contributed by atoms with Gasteiger partial charge in [-0.15, -0.1) is 0 Å². The van der Waals surface area contributed by atoms with E-state index in [9.17, 15) is 9.18 Å². The number of aromatic nitrogens is 3. The van der Waals surface area contributed by atoms with Gasteiger partial charge in [0.1, 0.15) is 5.82 Å². The van der Waals surface area contributed by atoms with Crippen molar-refractivity contribution in [3.05, 3.63) is 78.6 Å². The molecule has 2 N–H and O–H groups in total. The van der Waals surface area contributed by atoms with Crippen LogP contribution in [0.1, 0.15) is 24.8 Å². The number of carbonyl (C=O) groups is 1. The average Bonchev–Trinajstić information content (AvgIpc) is 3.40. The van der Waals surface area contributed by atoms with Gasteiger partial charge in [0.25, 0.3) is 0 Å². The monoisotopic (exact) mass is 404 g/mol. The minimum absolute atomic E-state index is 0.0161. The van der Waals surface area contributed by atoms with E-state index >= 15 is 0 Å². The summed E-state index contributed by atoms with van der Waals surface area (Å²) in [6, 6.07) is 14.7. The van der Waals surface area contributed by atoms with Crippen molar-refractivity contribution in [1.82, 2.24) is 19.9 Å². The van der Waals surface area contributed by atoms with E-state index in [0.717, 1.165) is 47.1 Å². The second-order valence-corrected chi connectivity index (χ2v) is 7.39. The summed E-state index contributed by atoms with van der Waals surface area (Å²) in [5.74, 6) is -0.257. The number of nitrogens with one attached hydrogen (secondary N) is 2. The fourth-order valence-electron chi connectivity index (χ4n) is 3.72. The Morgan fingerprint density at radius 1 is 1.13 bits per heavy atom. The molecule has 5 nitrogen and oxygen atoms in total. The SMILES string of the molecule is O=C(CCc1c(-c2ccccc2)[nH]c2ccc(F)cc12)NCCCCn1ccnc1. The number of H-pyrrole nitrogens is 1. The molecule has 154 valence electrons. The number of rotatable bonds is 9. The Hall–Kier alpha value is -3.41. The van der Waals surface area contributed by atoms with E-state index in [2.05, 4.69) is 15.3 Å². The Balaban J connectivity index is 1.38. The Morgan fingerprint density at radius 3 is 2.80 bits per heavy atom. The third kappa shape index (κ3) is 4.76. The van der Waals surface area contributed by atoms with Gasteiger partial charge in [-0.1, -0.05) is 30.3 Å². The van der Waals surface area contributed by atoms with Crippen LogP contribution in [-0.2, 0) is 17.8 Å². The van der Waals surface area contributed by atoms with Crippen LogP contribution in [-0.4, -0.2) is 27.0 Å². The fraction of sp³-hybridized carbons (Fsp3) is 0.250. The fourth-order valence-corrected chi connectivity index (χ4v) is 3.72. The van der Waals surface area contributed by atoms with E-state index in [1.807, 2.05) is 41.1 Å². The van der Waals surface area contributed by atoms with Gasteiger partial charge in [0.05, 0.1) is 6.33 Å². The Morgan fingerprint density at radius 2 is 2.00 bits per heavy atom. The first kappa shape index (κ1) is 19.9. The zero-order valence-corrected chi connectivity index (χ0v) is 16.8. The highest BCUT2D eigenvalue weighted by atomic mass is 19.1. The highest BCUT2D eigenvalue weighted by Gasteiger charge is 2.15. The third-order valence-corrected chi connectivity index (χ3v) is 5.26. The summed E-state index contributed by atoms with van der Waals surface area (Å²) in [5, 5.41) is 3.83. The summed E-state index contributed by atoms with van der Waals surface area (Å²) in [4.78, 5) is 19.8. The van der Waals surface area contributed by atoms with E-state index in [1.54, 1.807) is 24.7 Å². The van der Waals surface area contributed by atoms with Crippen LogP contribution in [0.5, 0.6) is 0 Å². The van der Waals surface area contributed by atoms with Gasteiger partial charge < -0.3 is 14.9 Å². The number of carbonyl (C=O) groups excluding carboxylic acids is 1. The molecule has 0 saturated heterocycles. The number of aromatic amines is 1. The molecule has 30 heavy (non-hydrogen) atoms. The van der Waals surface area contributed by atoms with Crippen LogP contribution in [0.15, 0.2) is 67.3 Å². The number of hydrogen-bond donors (Lipinski definition) is 2. The molecular formula is C24H25FN4O. The number of hydrogen-bond acceptors (Lipinski definition) is 2. The standard InChI is InChI=1S/C24H25FN4O/c25-19-8-10-22-21(16-19)20(24(28-22)18-6-2-1-3-7-18)9-11-23(30)27-12-4-5-14-29-15-13-26-17-29/h1-3,6-8,10,13,15-17,28H,4-5,9,11-12,14H2,(H,27,30). The molecule has 0 bridgehead atoms. The number of imidazole rings is 1. The topological polar surface area (TPSA) is 62.7 Å². The van der Waals surface area contributed by atoms with Gasteiger partial charge in [0, 0.05) is 48.5 Å². The molecule has 2 aromatic heterocycles. The van der Waals surface area contributed by atoms with Crippen molar-refractivity contribution < 1.29 is 9.18 Å². The normalized spacial score (nSPS) is 11.1. The highest BCUT2D eigenvalue weighted by molar-refractivity contribution is 5.91. The van der Waals surface area contributed by atoms with Crippen LogP contribution in [0.25, 0.3) is 22.2 Å². The van der Waals surface area contributed by atoms with Crippen molar-refractivity contribution in [3.63, 3.8) is 0 Å². The van der Waals surface area contributed by atoms with Crippen LogP contribution >= 0.6 is 0 Å². The van der Waals surface area contributed by atoms with E-state index in [0.29, 0.717) is 19.4 Å². The molecule has 0 aliphatic rings. The van der Waals surface area contributed by atoms with E-state index in [1.165, 1.54) is 6.07 Å². The van der Waals surface area contributed by atoms with Crippen LogP contribution < -0.4 is 5.32 Å². The first-order valence-corrected chi connectivity index (χ1v) is 10.3. The summed E-state index contributed by atoms with van der Waals surface area (Å²) in [7, 11) is 0. The predicted octanol–water partition coefficient (Wildman–Crippen LogP) is 4.70. The van der Waals surface area contributed by atoms with Gasteiger partial charge in [-0.2, -0.15) is 0 Å². The maximum absolute atomic E-state index is 13.9. The van der Waals surface area contributed by atoms with E-state index in [-0.39, 0.29) is 11.7 Å². The summed E-state index contributed by atoms with van der Waals surface area (Å²) >= 11 is 0. The van der Waals surface area contributed by atoms with E-state index in [4.69, 9.17) is 0 Å². The van der Waals surface area contributed by atoms with Crippen LogP contribution in [0.4, 0.5) is 4.39 Å². The van der Waals surface area contributed by atoms with E-state index < -0.39 is 0 Å². The maximum atomic E-state index is 13.9. The molecule has 2 aromatic carbocycles. The quantitative estimate of drug-likeness (QED) is 0.397. The average molecular weight is 404 g/mol. The summed E-state index contributed by atoms with van der Waals surface area (Å²) in [5.41, 5.74) is 3.84. The summed E-state index contributed by atoms with van der Waals surface area (Å²) in [6.45, 7) is 1.55. The van der Waals surface area contributed by atoms with Gasteiger partial charge in [-0.25, -0.2) is 9.37 Å². The Labute approximate surface area is 175 Å². The zero-order chi connectivity index (χ0) is 20.8. The second-order valence-electron chi connectivity index (χ2n) is 7.39. The molecule has 4 rings (SSSR count). The predicted molar refractivity (Wildman–Crippen MR) is 116 cm³/mol. The lowest BCUT2D eigenvalue weighted by molar-refractivity contribution is -0.121. The van der Waals surface area contributed by atoms with Gasteiger partial charge in [0.2, 0.25) is 5.91 Å². The minimum atomic E-state index is -0.273. The molecule has 2 heterocycles. The van der Waals surface area contributed by atoms with Gasteiger partial charge >= 0.3 is 0 Å². The lowest BCUT2D eigenvalue weighted by Gasteiger charge is -2.08. The van der Waals surface area contributed by atoms with Crippen LogP contribution in [0.2, 0.25) is 0 Å². The molecule has 4 aromatic rings. The molecule has 0 atom stereocenters. The van der Waals surface area contributed by atoms with Crippen molar-refractivity contribution >= 4 is 16.8 Å². The molecule has 0 aliphatic heterocycles. The molecule has 0 unspecified atom stereocenters. The molecular weight excluding hydrogens is 379 g/mol. The third-order valence-electron chi connectivity index (χ3n) is 5.26. The molecule has 0 radical (unpaired) electrons.